The molecule has 0 spiro atoms. The van der Waals surface area contributed by atoms with Crippen LogP contribution in [0.1, 0.15) is 27.0 Å². The first kappa shape index (κ1) is 21.4. The van der Waals surface area contributed by atoms with E-state index in [4.69, 9.17) is 4.74 Å². The van der Waals surface area contributed by atoms with Crippen molar-refractivity contribution in [1.82, 2.24) is 10.6 Å². The summed E-state index contributed by atoms with van der Waals surface area (Å²) in [5.74, 6) is -0.748. The Kier molecular flexibility index (Phi) is 6.16. The highest BCUT2D eigenvalue weighted by Gasteiger charge is 2.30. The molecule has 3 amide bonds. The maximum absolute atomic E-state index is 12.6. The second-order valence-electron chi connectivity index (χ2n) is 6.19. The lowest BCUT2D eigenvalue weighted by Gasteiger charge is -2.11. The molecule has 0 saturated carbocycles. The minimum atomic E-state index is -4.43. The van der Waals surface area contributed by atoms with Crippen LogP contribution >= 0.6 is 11.8 Å². The van der Waals surface area contributed by atoms with Crippen molar-refractivity contribution in [3.8, 4) is 5.75 Å². The van der Waals surface area contributed by atoms with Crippen LogP contribution < -0.4 is 15.4 Å². The molecule has 156 valence electrons. The molecule has 0 aromatic heterocycles. The van der Waals surface area contributed by atoms with E-state index >= 15 is 0 Å². The molecule has 0 radical (unpaired) electrons. The van der Waals surface area contributed by atoms with Crippen molar-refractivity contribution in [3.05, 3.63) is 69.6 Å². The average Bonchev–Trinajstić information content (AvgIpc) is 3.02. The summed E-state index contributed by atoms with van der Waals surface area (Å²) < 4.78 is 43.1. The number of hydrogen-bond donors (Lipinski definition) is 2. The van der Waals surface area contributed by atoms with Gasteiger partial charge >= 0.3 is 6.18 Å². The van der Waals surface area contributed by atoms with Gasteiger partial charge in [0.25, 0.3) is 17.1 Å². The Hall–Kier alpha value is -3.27. The van der Waals surface area contributed by atoms with Crippen LogP contribution in [0.2, 0.25) is 0 Å². The molecule has 1 fully saturated rings. The van der Waals surface area contributed by atoms with Gasteiger partial charge in [0.15, 0.2) is 0 Å². The number of imide groups is 1. The first-order chi connectivity index (χ1) is 14.2. The van der Waals surface area contributed by atoms with E-state index in [1.54, 1.807) is 12.1 Å². The Bertz CT molecular complexity index is 1030. The highest BCUT2D eigenvalue weighted by molar-refractivity contribution is 8.18. The largest absolute Gasteiger partial charge is 0.496 e. The quantitative estimate of drug-likeness (QED) is 0.693. The van der Waals surface area contributed by atoms with Crippen molar-refractivity contribution in [2.24, 2.45) is 0 Å². The van der Waals surface area contributed by atoms with E-state index < -0.39 is 28.8 Å². The second-order valence-corrected chi connectivity index (χ2v) is 7.20. The summed E-state index contributed by atoms with van der Waals surface area (Å²) in [6.07, 6.45) is -2.96. The fourth-order valence-electron chi connectivity index (χ4n) is 2.65. The Morgan fingerprint density at radius 3 is 2.43 bits per heavy atom. The molecule has 2 aromatic rings. The Labute approximate surface area is 173 Å². The van der Waals surface area contributed by atoms with E-state index in [0.29, 0.717) is 11.1 Å². The smallest absolute Gasteiger partial charge is 0.416 e. The number of thioether (sulfide) groups is 1. The molecule has 1 aliphatic heterocycles. The Morgan fingerprint density at radius 1 is 1.17 bits per heavy atom. The van der Waals surface area contributed by atoms with Crippen molar-refractivity contribution < 1.29 is 32.3 Å². The van der Waals surface area contributed by atoms with Crippen LogP contribution in [0.4, 0.5) is 18.0 Å². The third-order valence-electron chi connectivity index (χ3n) is 4.14. The molecule has 0 bridgehead atoms. The zero-order valence-electron chi connectivity index (χ0n) is 15.5. The van der Waals surface area contributed by atoms with Gasteiger partial charge in [0, 0.05) is 6.54 Å². The third-order valence-corrected chi connectivity index (χ3v) is 4.95. The van der Waals surface area contributed by atoms with Crippen molar-refractivity contribution in [1.29, 1.82) is 0 Å². The topological polar surface area (TPSA) is 84.5 Å². The zero-order valence-corrected chi connectivity index (χ0v) is 16.3. The summed E-state index contributed by atoms with van der Waals surface area (Å²) >= 11 is 0.753. The summed E-state index contributed by atoms with van der Waals surface area (Å²) in [7, 11) is 1.39. The average molecular weight is 436 g/mol. The van der Waals surface area contributed by atoms with Gasteiger partial charge in [0.05, 0.1) is 23.1 Å². The van der Waals surface area contributed by atoms with Crippen molar-refractivity contribution in [2.45, 2.75) is 12.7 Å². The third kappa shape index (κ3) is 5.01. The fourth-order valence-corrected chi connectivity index (χ4v) is 3.34. The van der Waals surface area contributed by atoms with Crippen molar-refractivity contribution >= 4 is 34.9 Å². The van der Waals surface area contributed by atoms with E-state index in [0.717, 1.165) is 23.9 Å². The van der Waals surface area contributed by atoms with Crippen LogP contribution in [-0.2, 0) is 17.5 Å². The maximum atomic E-state index is 12.6. The van der Waals surface area contributed by atoms with Crippen LogP contribution in [0, 0.1) is 0 Å². The maximum Gasteiger partial charge on any atom is 0.416 e. The van der Waals surface area contributed by atoms with Gasteiger partial charge in [-0.1, -0.05) is 18.2 Å². The van der Waals surface area contributed by atoms with Crippen LogP contribution in [0.15, 0.2) is 47.4 Å². The summed E-state index contributed by atoms with van der Waals surface area (Å²) in [6.45, 7) is 0.0121. The molecule has 2 aromatic carbocycles. The fraction of sp³-hybridized carbons (Fsp3) is 0.150. The summed E-state index contributed by atoms with van der Waals surface area (Å²) in [4.78, 5) is 35.7. The van der Waals surface area contributed by atoms with Gasteiger partial charge in [-0.25, -0.2) is 0 Å². The van der Waals surface area contributed by atoms with Crippen LogP contribution in [-0.4, -0.2) is 24.2 Å². The first-order valence-electron chi connectivity index (χ1n) is 8.54. The number of methoxy groups -OCH3 is 1. The van der Waals surface area contributed by atoms with E-state index in [-0.39, 0.29) is 22.8 Å². The van der Waals surface area contributed by atoms with Gasteiger partial charge < -0.3 is 10.1 Å². The lowest BCUT2D eigenvalue weighted by atomic mass is 10.1. The standard InChI is InChI=1S/C20H15F3N2O4S/c1-29-15-7-4-12(9-16-18(27)25-19(28)30-16)8-14(15)17(26)24-10-11-2-5-13(6-3-11)20(21,22)23/h2-9H,10H2,1H3,(H,24,26)(H,25,27,28)/b16-9+. The van der Waals surface area contributed by atoms with Gasteiger partial charge in [0.1, 0.15) is 5.75 Å². The molecular formula is C20H15F3N2O4S. The van der Waals surface area contributed by atoms with Crippen molar-refractivity contribution in [3.63, 3.8) is 0 Å². The molecule has 1 heterocycles. The Balaban J connectivity index is 1.75. The van der Waals surface area contributed by atoms with Gasteiger partial charge in [-0.05, 0) is 53.2 Å². The second kappa shape index (κ2) is 8.62. The minimum absolute atomic E-state index is 0.0121. The van der Waals surface area contributed by atoms with E-state index in [9.17, 15) is 27.6 Å². The van der Waals surface area contributed by atoms with Crippen LogP contribution in [0.25, 0.3) is 6.08 Å². The lowest BCUT2D eigenvalue weighted by Crippen LogP contribution is -2.23. The molecule has 0 aliphatic carbocycles. The lowest BCUT2D eigenvalue weighted by molar-refractivity contribution is -0.137. The molecule has 1 aliphatic rings. The molecular weight excluding hydrogens is 421 g/mol. The van der Waals surface area contributed by atoms with Crippen LogP contribution in [0.3, 0.4) is 0 Å². The summed E-state index contributed by atoms with van der Waals surface area (Å²) in [5.41, 5.74) is 0.398. The summed E-state index contributed by atoms with van der Waals surface area (Å²) in [6, 6.07) is 9.11. The summed E-state index contributed by atoms with van der Waals surface area (Å²) in [5, 5.41) is 4.29. The molecule has 10 heteroatoms. The molecule has 30 heavy (non-hydrogen) atoms. The number of halogens is 3. The first-order valence-corrected chi connectivity index (χ1v) is 9.36. The van der Waals surface area contributed by atoms with E-state index in [1.165, 1.54) is 31.4 Å². The number of nitrogens with one attached hydrogen (secondary N) is 2. The number of carbonyl (C=O) groups excluding carboxylic acids is 3. The van der Waals surface area contributed by atoms with Gasteiger partial charge in [-0.3, -0.25) is 19.7 Å². The number of ether oxygens (including phenoxy) is 1. The molecule has 6 nitrogen and oxygen atoms in total. The van der Waals surface area contributed by atoms with Gasteiger partial charge in [0.2, 0.25) is 0 Å². The molecule has 0 atom stereocenters. The van der Waals surface area contributed by atoms with Gasteiger partial charge in [-0.15, -0.1) is 0 Å². The normalized spacial score (nSPS) is 15.3. The number of amides is 3. The van der Waals surface area contributed by atoms with Crippen LogP contribution in [0.5, 0.6) is 5.75 Å². The minimum Gasteiger partial charge on any atom is -0.496 e. The highest BCUT2D eigenvalue weighted by atomic mass is 32.2. The predicted octanol–water partition coefficient (Wildman–Crippen LogP) is 3.97. The molecule has 1 saturated heterocycles. The van der Waals surface area contributed by atoms with Crippen molar-refractivity contribution in [2.75, 3.05) is 7.11 Å². The molecule has 2 N–H and O–H groups in total. The number of carbonyl (C=O) groups is 3. The SMILES string of the molecule is COc1ccc(/C=C2/SC(=O)NC2=O)cc1C(=O)NCc1ccc(C(F)(F)F)cc1. The molecule has 3 rings (SSSR count). The van der Waals surface area contributed by atoms with Gasteiger partial charge in [-0.2, -0.15) is 13.2 Å². The Morgan fingerprint density at radius 2 is 1.87 bits per heavy atom. The van der Waals surface area contributed by atoms with E-state index in [2.05, 4.69) is 10.6 Å². The highest BCUT2D eigenvalue weighted by Crippen LogP contribution is 2.29. The zero-order chi connectivity index (χ0) is 21.9. The number of alkyl halides is 3. The molecule has 0 unspecified atom stereocenters. The predicted molar refractivity (Wildman–Crippen MR) is 105 cm³/mol. The number of rotatable bonds is 5. The number of benzene rings is 2. The monoisotopic (exact) mass is 436 g/mol. The van der Waals surface area contributed by atoms with E-state index in [1.807, 2.05) is 0 Å². The number of hydrogen-bond acceptors (Lipinski definition) is 5.